The van der Waals surface area contributed by atoms with Crippen LogP contribution >= 0.6 is 11.6 Å². The molecule has 0 saturated heterocycles. The van der Waals surface area contributed by atoms with Crippen LogP contribution < -0.4 is 9.64 Å². The number of ether oxygens (including phenoxy) is 1. The molecule has 1 heterocycles. The molecule has 1 atom stereocenters. The predicted octanol–water partition coefficient (Wildman–Crippen LogP) is 5.82. The largest absolute Gasteiger partial charge is 0.495 e. The van der Waals surface area contributed by atoms with Crippen LogP contribution in [0.1, 0.15) is 44.2 Å². The number of fused-ring (bicyclic) bond motifs is 1. The summed E-state index contributed by atoms with van der Waals surface area (Å²) >= 11 is 6.16. The zero-order chi connectivity index (χ0) is 18.2. The van der Waals surface area contributed by atoms with Gasteiger partial charge in [0.2, 0.25) is 0 Å². The summed E-state index contributed by atoms with van der Waals surface area (Å²) in [5.41, 5.74) is 4.80. The van der Waals surface area contributed by atoms with Crippen molar-refractivity contribution in [3.63, 3.8) is 0 Å². The van der Waals surface area contributed by atoms with Gasteiger partial charge in [-0.2, -0.15) is 0 Å². The molecule has 0 N–H and O–H groups in total. The molecule has 0 amide bonds. The van der Waals surface area contributed by atoms with Crippen LogP contribution in [0.3, 0.4) is 0 Å². The first-order valence-corrected chi connectivity index (χ1v) is 8.95. The van der Waals surface area contributed by atoms with Gasteiger partial charge in [0.05, 0.1) is 17.8 Å². The van der Waals surface area contributed by atoms with E-state index in [0.29, 0.717) is 16.7 Å². The van der Waals surface area contributed by atoms with Gasteiger partial charge in [-0.3, -0.25) is 4.99 Å². The van der Waals surface area contributed by atoms with Crippen LogP contribution in [-0.2, 0) is 0 Å². The van der Waals surface area contributed by atoms with Crippen molar-refractivity contribution in [2.75, 3.05) is 19.1 Å². The fraction of sp³-hybridized carbons (Fsp3) is 0.381. The van der Waals surface area contributed by atoms with E-state index < -0.39 is 0 Å². The van der Waals surface area contributed by atoms with E-state index in [4.69, 9.17) is 16.3 Å². The maximum absolute atomic E-state index is 6.16. The highest BCUT2D eigenvalue weighted by molar-refractivity contribution is 6.32. The Morgan fingerprint density at radius 1 is 1.24 bits per heavy atom. The predicted molar refractivity (Wildman–Crippen MR) is 107 cm³/mol. The number of halogens is 1. The third-order valence-corrected chi connectivity index (χ3v) is 5.45. The quantitative estimate of drug-likeness (QED) is 0.647. The van der Waals surface area contributed by atoms with Crippen LogP contribution in [0.4, 0.5) is 11.4 Å². The lowest BCUT2D eigenvalue weighted by Gasteiger charge is -2.45. The molecule has 1 aliphatic heterocycles. The van der Waals surface area contributed by atoms with Crippen LogP contribution in [0.15, 0.2) is 41.4 Å². The van der Waals surface area contributed by atoms with Gasteiger partial charge in [0.1, 0.15) is 5.75 Å². The molecule has 132 valence electrons. The van der Waals surface area contributed by atoms with E-state index in [9.17, 15) is 0 Å². The molecule has 1 unspecified atom stereocenters. The third-order valence-electron chi connectivity index (χ3n) is 5.16. The van der Waals surface area contributed by atoms with E-state index in [1.807, 2.05) is 24.4 Å². The molecule has 0 bridgehead atoms. The lowest BCUT2D eigenvalue weighted by atomic mass is 9.80. The van der Waals surface area contributed by atoms with Gasteiger partial charge in [0.15, 0.2) is 0 Å². The van der Waals surface area contributed by atoms with Gasteiger partial charge in [-0.05, 0) is 67.6 Å². The first kappa shape index (κ1) is 17.8. The molecule has 3 rings (SSSR count). The van der Waals surface area contributed by atoms with Crippen molar-refractivity contribution in [1.29, 1.82) is 0 Å². The van der Waals surface area contributed by atoms with Gasteiger partial charge in [0.25, 0.3) is 0 Å². The lowest BCUT2D eigenvalue weighted by molar-refractivity contribution is 0.395. The number of benzene rings is 2. The molecule has 0 saturated carbocycles. The van der Waals surface area contributed by atoms with Gasteiger partial charge >= 0.3 is 0 Å². The van der Waals surface area contributed by atoms with Crippen LogP contribution in [0.2, 0.25) is 5.02 Å². The van der Waals surface area contributed by atoms with Gasteiger partial charge in [0, 0.05) is 24.5 Å². The topological polar surface area (TPSA) is 24.8 Å². The van der Waals surface area contributed by atoms with Crippen LogP contribution in [-0.4, -0.2) is 25.9 Å². The van der Waals surface area contributed by atoms with E-state index >= 15 is 0 Å². The molecule has 0 spiro atoms. The molecule has 4 heteroatoms. The second-order valence-corrected chi connectivity index (χ2v) is 7.78. The number of rotatable bonds is 3. The Kier molecular flexibility index (Phi) is 4.79. The number of aliphatic imine (C=N–C) groups is 1. The zero-order valence-corrected chi connectivity index (χ0v) is 16.3. The van der Waals surface area contributed by atoms with Gasteiger partial charge in [-0.25, -0.2) is 0 Å². The minimum atomic E-state index is 0.182. The Morgan fingerprint density at radius 2 is 2.00 bits per heavy atom. The molecular weight excluding hydrogens is 332 g/mol. The van der Waals surface area contributed by atoms with E-state index in [0.717, 1.165) is 17.7 Å². The Hall–Kier alpha value is -2.00. The average molecular weight is 357 g/mol. The number of hydrogen-bond donors (Lipinski definition) is 0. The van der Waals surface area contributed by atoms with E-state index in [1.54, 1.807) is 7.11 Å². The van der Waals surface area contributed by atoms with Crippen molar-refractivity contribution in [2.45, 2.75) is 38.6 Å². The molecule has 25 heavy (non-hydrogen) atoms. The van der Waals surface area contributed by atoms with Crippen molar-refractivity contribution in [3.05, 3.63) is 52.5 Å². The fourth-order valence-electron chi connectivity index (χ4n) is 3.56. The smallest absolute Gasteiger partial charge is 0.137 e. The number of methoxy groups -OCH3 is 1. The summed E-state index contributed by atoms with van der Waals surface area (Å²) in [5.74, 6) is 1.19. The number of anilines is 1. The maximum Gasteiger partial charge on any atom is 0.137 e. The lowest BCUT2D eigenvalue weighted by Crippen LogP contribution is -2.45. The van der Waals surface area contributed by atoms with Gasteiger partial charge in [-0.1, -0.05) is 24.6 Å². The second-order valence-electron chi connectivity index (χ2n) is 7.37. The summed E-state index contributed by atoms with van der Waals surface area (Å²) in [6.07, 6.45) is 3.04. The SMILES string of the molecule is COc1ccc(N=Cc2ccc3c(c2)C(C)CC(C)(C)N3C)cc1Cl. The standard InChI is InChI=1S/C21H25ClN2O/c1-14-12-21(2,3)24(4)19-8-6-15(10-17(14)19)13-23-16-7-9-20(25-5)18(22)11-16/h6-11,13-14H,12H2,1-5H3. The van der Waals surface area contributed by atoms with Crippen molar-refractivity contribution < 1.29 is 4.74 Å². The molecule has 2 aromatic rings. The Labute approximate surface area is 155 Å². The highest BCUT2D eigenvalue weighted by Crippen LogP contribution is 2.42. The minimum absolute atomic E-state index is 0.182. The fourth-order valence-corrected chi connectivity index (χ4v) is 3.81. The van der Waals surface area contributed by atoms with Crippen molar-refractivity contribution >= 4 is 29.2 Å². The van der Waals surface area contributed by atoms with Gasteiger partial charge < -0.3 is 9.64 Å². The molecule has 0 aliphatic carbocycles. The van der Waals surface area contributed by atoms with E-state index in [-0.39, 0.29) is 5.54 Å². The Balaban J connectivity index is 1.88. The molecule has 3 nitrogen and oxygen atoms in total. The van der Waals surface area contributed by atoms with Crippen LogP contribution in [0.25, 0.3) is 0 Å². The Morgan fingerprint density at radius 3 is 2.68 bits per heavy atom. The molecule has 0 radical (unpaired) electrons. The summed E-state index contributed by atoms with van der Waals surface area (Å²) in [6.45, 7) is 6.90. The van der Waals surface area contributed by atoms with Crippen molar-refractivity contribution in [2.24, 2.45) is 4.99 Å². The second kappa shape index (κ2) is 6.72. The van der Waals surface area contributed by atoms with Crippen molar-refractivity contribution in [1.82, 2.24) is 0 Å². The van der Waals surface area contributed by atoms with Gasteiger partial charge in [-0.15, -0.1) is 0 Å². The first-order chi connectivity index (χ1) is 11.8. The minimum Gasteiger partial charge on any atom is -0.495 e. The first-order valence-electron chi connectivity index (χ1n) is 8.57. The molecule has 0 fully saturated rings. The maximum atomic E-state index is 6.16. The third kappa shape index (κ3) is 3.52. The number of hydrogen-bond acceptors (Lipinski definition) is 3. The molecule has 0 aromatic heterocycles. The summed E-state index contributed by atoms with van der Waals surface area (Å²) in [7, 11) is 3.79. The summed E-state index contributed by atoms with van der Waals surface area (Å²) < 4.78 is 5.18. The van der Waals surface area contributed by atoms with E-state index in [2.05, 4.69) is 55.9 Å². The molecule has 2 aromatic carbocycles. The Bertz CT molecular complexity index is 814. The summed E-state index contributed by atoms with van der Waals surface area (Å²) in [6, 6.07) is 12.1. The summed E-state index contributed by atoms with van der Waals surface area (Å²) in [4.78, 5) is 6.94. The number of nitrogens with zero attached hydrogens (tertiary/aromatic N) is 2. The van der Waals surface area contributed by atoms with Crippen molar-refractivity contribution in [3.8, 4) is 5.75 Å². The van der Waals surface area contributed by atoms with Crippen LogP contribution in [0.5, 0.6) is 5.75 Å². The zero-order valence-electron chi connectivity index (χ0n) is 15.5. The summed E-state index contributed by atoms with van der Waals surface area (Å²) in [5, 5.41) is 0.570. The molecule has 1 aliphatic rings. The van der Waals surface area contributed by atoms with E-state index in [1.165, 1.54) is 11.3 Å². The average Bonchev–Trinajstić information content (AvgIpc) is 2.58. The normalized spacial score (nSPS) is 19.1. The highest BCUT2D eigenvalue weighted by atomic mass is 35.5. The molecular formula is C21H25ClN2O. The van der Waals surface area contributed by atoms with Crippen LogP contribution in [0, 0.1) is 0 Å². The monoisotopic (exact) mass is 356 g/mol. The highest BCUT2D eigenvalue weighted by Gasteiger charge is 2.33.